The summed E-state index contributed by atoms with van der Waals surface area (Å²) in [5, 5.41) is 11.4. The van der Waals surface area contributed by atoms with Crippen molar-refractivity contribution >= 4 is 23.2 Å². The highest BCUT2D eigenvalue weighted by atomic mass is 35.5. The summed E-state index contributed by atoms with van der Waals surface area (Å²) in [5.41, 5.74) is 2.11. The Hall–Kier alpha value is -2.60. The highest BCUT2D eigenvalue weighted by Crippen LogP contribution is 2.31. The molecule has 25 heavy (non-hydrogen) atoms. The Balaban J connectivity index is 1.73. The van der Waals surface area contributed by atoms with Gasteiger partial charge in [0.1, 0.15) is 0 Å². The van der Waals surface area contributed by atoms with Gasteiger partial charge in [-0.3, -0.25) is 14.9 Å². The average Bonchev–Trinajstić information content (AvgIpc) is 2.61. The molecule has 1 aliphatic rings. The summed E-state index contributed by atoms with van der Waals surface area (Å²) < 4.78 is 5.57. The summed E-state index contributed by atoms with van der Waals surface area (Å²) in [6.07, 6.45) is -0.0411. The molecule has 1 atom stereocenters. The first-order chi connectivity index (χ1) is 12.0. The number of halogens is 1. The third-order valence-electron chi connectivity index (χ3n) is 4.21. The van der Waals surface area contributed by atoms with Crippen molar-refractivity contribution in [1.29, 1.82) is 0 Å². The summed E-state index contributed by atoms with van der Waals surface area (Å²) in [6.45, 7) is 2.72. The van der Waals surface area contributed by atoms with Gasteiger partial charge in [0.15, 0.2) is 11.9 Å². The van der Waals surface area contributed by atoms with Gasteiger partial charge in [-0.05, 0) is 36.6 Å². The van der Waals surface area contributed by atoms with Gasteiger partial charge in [0.05, 0.1) is 4.92 Å². The second kappa shape index (κ2) is 7.11. The van der Waals surface area contributed by atoms with Gasteiger partial charge >= 0.3 is 5.69 Å². The van der Waals surface area contributed by atoms with Crippen molar-refractivity contribution in [3.05, 3.63) is 68.7 Å². The van der Waals surface area contributed by atoms with Crippen LogP contribution in [0, 0.1) is 10.1 Å². The largest absolute Gasteiger partial charge is 0.474 e. The van der Waals surface area contributed by atoms with E-state index in [1.807, 2.05) is 18.2 Å². The lowest BCUT2D eigenvalue weighted by Gasteiger charge is -2.30. The molecule has 130 valence electrons. The lowest BCUT2D eigenvalue weighted by Crippen LogP contribution is -2.43. The van der Waals surface area contributed by atoms with Crippen LogP contribution >= 0.6 is 11.6 Å². The Labute approximate surface area is 150 Å². The maximum Gasteiger partial charge on any atom is 0.312 e. The van der Waals surface area contributed by atoms with Gasteiger partial charge in [-0.15, -0.1) is 0 Å². The first kappa shape index (κ1) is 17.2. The lowest BCUT2D eigenvalue weighted by molar-refractivity contribution is -0.386. The van der Waals surface area contributed by atoms with Crippen LogP contribution in [-0.2, 0) is 17.8 Å². The molecule has 0 aliphatic carbocycles. The summed E-state index contributed by atoms with van der Waals surface area (Å²) in [7, 11) is 0. The predicted molar refractivity (Wildman–Crippen MR) is 93.8 cm³/mol. The number of carbonyl (C=O) groups excluding carboxylic acids is 1. The summed E-state index contributed by atoms with van der Waals surface area (Å²) in [5.74, 6) is -0.161. The number of benzene rings is 2. The van der Waals surface area contributed by atoms with Crippen LogP contribution in [0.3, 0.4) is 0 Å². The molecule has 1 amide bonds. The molecule has 0 unspecified atom stereocenters. The Morgan fingerprint density at radius 1 is 1.28 bits per heavy atom. The number of ether oxygens (including phenoxy) is 1. The fourth-order valence-corrected chi connectivity index (χ4v) is 3.08. The van der Waals surface area contributed by atoms with Crippen molar-refractivity contribution in [2.24, 2.45) is 0 Å². The number of carbonyl (C=O) groups is 1. The minimum absolute atomic E-state index is 0.0349. The molecule has 0 radical (unpaired) electrons. The zero-order valence-corrected chi connectivity index (χ0v) is 14.4. The molecule has 6 nitrogen and oxygen atoms in total. The van der Waals surface area contributed by atoms with Crippen LogP contribution < -0.4 is 4.74 Å². The molecule has 0 bridgehead atoms. The van der Waals surface area contributed by atoms with Crippen molar-refractivity contribution < 1.29 is 14.5 Å². The van der Waals surface area contributed by atoms with Crippen LogP contribution in [0.15, 0.2) is 42.5 Å². The molecule has 1 heterocycles. The van der Waals surface area contributed by atoms with E-state index in [0.717, 1.165) is 12.0 Å². The molecule has 0 saturated heterocycles. The normalized spacial score (nSPS) is 14.6. The number of nitro benzene ring substituents is 1. The number of nitrogens with zero attached hydrogens (tertiary/aromatic N) is 2. The summed E-state index contributed by atoms with van der Waals surface area (Å²) >= 11 is 5.79. The molecule has 0 saturated carbocycles. The smallest absolute Gasteiger partial charge is 0.312 e. The van der Waals surface area contributed by atoms with E-state index in [2.05, 4.69) is 6.07 Å². The Morgan fingerprint density at radius 3 is 2.72 bits per heavy atom. The zero-order valence-electron chi connectivity index (χ0n) is 13.6. The minimum Gasteiger partial charge on any atom is -0.474 e. The number of hydrogen-bond donors (Lipinski definition) is 0. The molecule has 3 rings (SSSR count). The number of fused-ring (bicyclic) bond motifs is 1. The Kier molecular flexibility index (Phi) is 4.90. The maximum absolute atomic E-state index is 12.7. The predicted octanol–water partition coefficient (Wildman–Crippen LogP) is 3.60. The third kappa shape index (κ3) is 3.74. The fraction of sp³-hybridized carbons (Fsp3) is 0.278. The molecule has 0 fully saturated rings. The van der Waals surface area contributed by atoms with Crippen molar-refractivity contribution in [2.45, 2.75) is 26.0 Å². The second-order valence-electron chi connectivity index (χ2n) is 5.91. The molecule has 0 spiro atoms. The molecule has 2 aromatic rings. The fourth-order valence-electron chi connectivity index (χ4n) is 2.91. The monoisotopic (exact) mass is 360 g/mol. The van der Waals surface area contributed by atoms with E-state index in [1.165, 1.54) is 23.8 Å². The number of rotatable bonds is 4. The molecule has 0 aromatic heterocycles. The van der Waals surface area contributed by atoms with Crippen LogP contribution in [0.4, 0.5) is 5.69 Å². The Morgan fingerprint density at radius 2 is 2.00 bits per heavy atom. The lowest BCUT2D eigenvalue weighted by atomic mass is 9.99. The SMILES string of the molecule is C[C@@H](Oc1ccc(Cl)cc1[N+](=O)[O-])C(=O)N1CCc2ccccc2C1. The van der Waals surface area contributed by atoms with Gasteiger partial charge in [-0.2, -0.15) is 0 Å². The quantitative estimate of drug-likeness (QED) is 0.616. The minimum atomic E-state index is -0.829. The van der Waals surface area contributed by atoms with Crippen LogP contribution in [0.2, 0.25) is 5.02 Å². The molecule has 0 N–H and O–H groups in total. The van der Waals surface area contributed by atoms with Crippen molar-refractivity contribution in [3.8, 4) is 5.75 Å². The molecular weight excluding hydrogens is 344 g/mol. The van der Waals surface area contributed by atoms with Crippen molar-refractivity contribution in [2.75, 3.05) is 6.54 Å². The van der Waals surface area contributed by atoms with Gasteiger partial charge in [0.25, 0.3) is 5.91 Å². The Bertz CT molecular complexity index is 824. The van der Waals surface area contributed by atoms with E-state index < -0.39 is 11.0 Å². The van der Waals surface area contributed by atoms with Gasteiger partial charge in [-0.25, -0.2) is 0 Å². The standard InChI is InChI=1S/C18H17ClN2O4/c1-12(25-17-7-6-15(19)10-16(17)21(23)24)18(22)20-9-8-13-4-2-3-5-14(13)11-20/h2-7,10,12H,8-9,11H2,1H3/t12-/m1/s1. The third-order valence-corrected chi connectivity index (χ3v) is 4.45. The zero-order chi connectivity index (χ0) is 18.0. The van der Waals surface area contributed by atoms with Crippen LogP contribution in [0.1, 0.15) is 18.1 Å². The van der Waals surface area contributed by atoms with E-state index in [0.29, 0.717) is 13.1 Å². The molecular formula is C18H17ClN2O4. The van der Waals surface area contributed by atoms with Crippen LogP contribution in [0.25, 0.3) is 0 Å². The first-order valence-electron chi connectivity index (χ1n) is 7.92. The topological polar surface area (TPSA) is 72.7 Å². The maximum atomic E-state index is 12.7. The van der Waals surface area contributed by atoms with Gasteiger partial charge in [-0.1, -0.05) is 35.9 Å². The van der Waals surface area contributed by atoms with E-state index in [9.17, 15) is 14.9 Å². The highest BCUT2D eigenvalue weighted by Gasteiger charge is 2.27. The molecule has 2 aromatic carbocycles. The van der Waals surface area contributed by atoms with Gasteiger partial charge < -0.3 is 9.64 Å². The average molecular weight is 361 g/mol. The van der Waals surface area contributed by atoms with Crippen LogP contribution in [-0.4, -0.2) is 28.4 Å². The highest BCUT2D eigenvalue weighted by molar-refractivity contribution is 6.30. The first-order valence-corrected chi connectivity index (χ1v) is 8.29. The van der Waals surface area contributed by atoms with Crippen molar-refractivity contribution in [3.63, 3.8) is 0 Å². The van der Waals surface area contributed by atoms with Gasteiger partial charge in [0, 0.05) is 24.2 Å². The summed E-state index contributed by atoms with van der Waals surface area (Å²) in [6, 6.07) is 12.1. The van der Waals surface area contributed by atoms with Gasteiger partial charge in [0.2, 0.25) is 0 Å². The van der Waals surface area contributed by atoms with E-state index in [4.69, 9.17) is 16.3 Å². The molecule has 7 heteroatoms. The van der Waals surface area contributed by atoms with E-state index >= 15 is 0 Å². The summed E-state index contributed by atoms with van der Waals surface area (Å²) in [4.78, 5) is 24.9. The number of nitro groups is 1. The van der Waals surface area contributed by atoms with E-state index in [-0.39, 0.29) is 22.4 Å². The number of hydrogen-bond acceptors (Lipinski definition) is 4. The second-order valence-corrected chi connectivity index (χ2v) is 6.34. The number of amides is 1. The van der Waals surface area contributed by atoms with Crippen molar-refractivity contribution in [1.82, 2.24) is 4.90 Å². The molecule has 1 aliphatic heterocycles. The van der Waals surface area contributed by atoms with E-state index in [1.54, 1.807) is 11.8 Å². The van der Waals surface area contributed by atoms with Crippen LogP contribution in [0.5, 0.6) is 5.75 Å².